The molecule has 2 saturated heterocycles. The molecule has 0 amide bonds. The molecule has 2 aliphatic heterocycles. The summed E-state index contributed by atoms with van der Waals surface area (Å²) >= 11 is 0. The molecule has 1 atom stereocenters. The lowest BCUT2D eigenvalue weighted by Gasteiger charge is -2.28. The lowest BCUT2D eigenvalue weighted by Crippen LogP contribution is -2.34. The summed E-state index contributed by atoms with van der Waals surface area (Å²) in [5.41, 5.74) is 0. The molecule has 0 saturated carbocycles. The Morgan fingerprint density at radius 1 is 1.33 bits per heavy atom. The van der Waals surface area contributed by atoms with E-state index < -0.39 is 0 Å². The standard InChI is InChI=1S/C16H27N3O2/c1-18-8-3-15(4-9-18)21-11-2-7-19-10-6-17-16(19)14-5-12-20-13-14/h6,10,14-15H,2-5,7-9,11-13H2,1H3/t14-/m1/s1. The first-order chi connectivity index (χ1) is 10.3. The average molecular weight is 293 g/mol. The molecule has 1 aromatic heterocycles. The topological polar surface area (TPSA) is 39.5 Å². The molecule has 0 spiro atoms. The summed E-state index contributed by atoms with van der Waals surface area (Å²) in [4.78, 5) is 6.89. The number of hydrogen-bond donors (Lipinski definition) is 0. The monoisotopic (exact) mass is 293 g/mol. The Kier molecular flexibility index (Phi) is 5.27. The van der Waals surface area contributed by atoms with Crippen LogP contribution in [0, 0.1) is 0 Å². The highest BCUT2D eigenvalue weighted by Crippen LogP contribution is 2.23. The summed E-state index contributed by atoms with van der Waals surface area (Å²) in [6, 6.07) is 0. The van der Waals surface area contributed by atoms with E-state index in [1.807, 2.05) is 6.20 Å². The fourth-order valence-electron chi connectivity index (χ4n) is 3.24. The molecule has 2 aliphatic rings. The van der Waals surface area contributed by atoms with Gasteiger partial charge in [0.25, 0.3) is 0 Å². The van der Waals surface area contributed by atoms with E-state index in [4.69, 9.17) is 9.47 Å². The maximum atomic E-state index is 6.01. The maximum Gasteiger partial charge on any atom is 0.114 e. The summed E-state index contributed by atoms with van der Waals surface area (Å²) in [7, 11) is 2.18. The van der Waals surface area contributed by atoms with Crippen molar-refractivity contribution < 1.29 is 9.47 Å². The molecular weight excluding hydrogens is 266 g/mol. The number of nitrogens with zero attached hydrogens (tertiary/aromatic N) is 3. The molecule has 3 heterocycles. The van der Waals surface area contributed by atoms with Crippen molar-refractivity contribution in [3.63, 3.8) is 0 Å². The zero-order valence-electron chi connectivity index (χ0n) is 13.0. The van der Waals surface area contributed by atoms with Gasteiger partial charge < -0.3 is 18.9 Å². The molecule has 3 rings (SSSR count). The minimum absolute atomic E-state index is 0.465. The molecule has 0 aromatic carbocycles. The number of hydrogen-bond acceptors (Lipinski definition) is 4. The molecule has 1 aromatic rings. The van der Waals surface area contributed by atoms with Gasteiger partial charge in [0.05, 0.1) is 12.7 Å². The molecular formula is C16H27N3O2. The Balaban J connectivity index is 1.38. The second-order valence-electron chi connectivity index (χ2n) is 6.27. The predicted molar refractivity (Wildman–Crippen MR) is 81.5 cm³/mol. The quantitative estimate of drug-likeness (QED) is 0.751. The van der Waals surface area contributed by atoms with E-state index in [-0.39, 0.29) is 0 Å². The smallest absolute Gasteiger partial charge is 0.114 e. The maximum absolute atomic E-state index is 6.01. The van der Waals surface area contributed by atoms with E-state index in [0.29, 0.717) is 12.0 Å². The van der Waals surface area contributed by atoms with Crippen LogP contribution in [-0.2, 0) is 16.0 Å². The van der Waals surface area contributed by atoms with Crippen molar-refractivity contribution in [2.24, 2.45) is 0 Å². The Morgan fingerprint density at radius 3 is 2.95 bits per heavy atom. The molecule has 5 nitrogen and oxygen atoms in total. The summed E-state index contributed by atoms with van der Waals surface area (Å²) in [5, 5.41) is 0. The first-order valence-electron chi connectivity index (χ1n) is 8.22. The van der Waals surface area contributed by atoms with E-state index in [0.717, 1.165) is 52.3 Å². The highest BCUT2D eigenvalue weighted by Gasteiger charge is 2.22. The van der Waals surface area contributed by atoms with Gasteiger partial charge in [-0.3, -0.25) is 0 Å². The number of ether oxygens (including phenoxy) is 2. The van der Waals surface area contributed by atoms with Crippen LogP contribution in [0.5, 0.6) is 0 Å². The van der Waals surface area contributed by atoms with Crippen LogP contribution < -0.4 is 0 Å². The molecule has 2 fully saturated rings. The van der Waals surface area contributed by atoms with Gasteiger partial charge in [-0.2, -0.15) is 0 Å². The van der Waals surface area contributed by atoms with E-state index in [9.17, 15) is 0 Å². The second kappa shape index (κ2) is 7.38. The fraction of sp³-hybridized carbons (Fsp3) is 0.812. The zero-order valence-corrected chi connectivity index (χ0v) is 13.0. The molecule has 0 N–H and O–H groups in total. The number of aryl methyl sites for hydroxylation is 1. The Bertz CT molecular complexity index is 421. The lowest BCUT2D eigenvalue weighted by molar-refractivity contribution is 0.0102. The third kappa shape index (κ3) is 4.05. The van der Waals surface area contributed by atoms with E-state index in [2.05, 4.69) is 27.7 Å². The summed E-state index contributed by atoms with van der Waals surface area (Å²) in [6.07, 6.45) is 8.96. The molecule has 0 aliphatic carbocycles. The minimum atomic E-state index is 0.465. The third-order valence-electron chi connectivity index (χ3n) is 4.61. The van der Waals surface area contributed by atoms with Gasteiger partial charge in [-0.05, 0) is 32.7 Å². The number of imidazole rings is 1. The van der Waals surface area contributed by atoms with Crippen LogP contribution in [0.2, 0.25) is 0 Å². The van der Waals surface area contributed by atoms with Crippen molar-refractivity contribution >= 4 is 0 Å². The fourth-order valence-corrected chi connectivity index (χ4v) is 3.24. The van der Waals surface area contributed by atoms with Gasteiger partial charge in [0, 0.05) is 51.2 Å². The van der Waals surface area contributed by atoms with Crippen molar-refractivity contribution in [1.82, 2.24) is 14.5 Å². The molecule has 21 heavy (non-hydrogen) atoms. The van der Waals surface area contributed by atoms with Crippen LogP contribution in [0.1, 0.15) is 37.4 Å². The van der Waals surface area contributed by atoms with Gasteiger partial charge >= 0.3 is 0 Å². The summed E-state index contributed by atoms with van der Waals surface area (Å²) in [6.45, 7) is 5.88. The first kappa shape index (κ1) is 15.0. The minimum Gasteiger partial charge on any atom is -0.381 e. The molecule has 118 valence electrons. The predicted octanol–water partition coefficient (Wildman–Crippen LogP) is 1.89. The van der Waals surface area contributed by atoms with Crippen molar-refractivity contribution in [2.75, 3.05) is 40.0 Å². The van der Waals surface area contributed by atoms with E-state index in [1.54, 1.807) is 0 Å². The number of rotatable bonds is 6. The van der Waals surface area contributed by atoms with Gasteiger partial charge in [-0.25, -0.2) is 4.98 Å². The molecule has 0 unspecified atom stereocenters. The van der Waals surface area contributed by atoms with Gasteiger partial charge in [0.15, 0.2) is 0 Å². The van der Waals surface area contributed by atoms with Crippen molar-refractivity contribution in [2.45, 2.75) is 44.2 Å². The second-order valence-corrected chi connectivity index (χ2v) is 6.27. The largest absolute Gasteiger partial charge is 0.381 e. The van der Waals surface area contributed by atoms with Crippen LogP contribution in [-0.4, -0.2) is 60.5 Å². The van der Waals surface area contributed by atoms with Gasteiger partial charge in [-0.15, -0.1) is 0 Å². The number of aromatic nitrogens is 2. The lowest BCUT2D eigenvalue weighted by atomic mass is 10.1. The average Bonchev–Trinajstić information content (AvgIpc) is 3.16. The Morgan fingerprint density at radius 2 is 2.19 bits per heavy atom. The highest BCUT2D eigenvalue weighted by molar-refractivity contribution is 5.02. The van der Waals surface area contributed by atoms with Gasteiger partial charge in [-0.1, -0.05) is 0 Å². The van der Waals surface area contributed by atoms with Crippen molar-refractivity contribution in [1.29, 1.82) is 0 Å². The first-order valence-corrected chi connectivity index (χ1v) is 8.22. The number of piperidine rings is 1. The molecule has 5 heteroatoms. The summed E-state index contributed by atoms with van der Waals surface area (Å²) < 4.78 is 13.8. The Labute approximate surface area is 127 Å². The highest BCUT2D eigenvalue weighted by atomic mass is 16.5. The molecule has 0 radical (unpaired) electrons. The summed E-state index contributed by atoms with van der Waals surface area (Å²) in [5.74, 6) is 1.67. The van der Waals surface area contributed by atoms with E-state index in [1.165, 1.54) is 18.7 Å². The van der Waals surface area contributed by atoms with Crippen LogP contribution in [0.25, 0.3) is 0 Å². The van der Waals surface area contributed by atoms with Crippen LogP contribution >= 0.6 is 0 Å². The van der Waals surface area contributed by atoms with E-state index >= 15 is 0 Å². The van der Waals surface area contributed by atoms with Crippen LogP contribution in [0.4, 0.5) is 0 Å². The van der Waals surface area contributed by atoms with Crippen molar-refractivity contribution in [3.8, 4) is 0 Å². The SMILES string of the molecule is CN1CCC(OCCCn2ccnc2[C@@H]2CCOC2)CC1. The van der Waals surface area contributed by atoms with Crippen LogP contribution in [0.3, 0.4) is 0 Å². The third-order valence-corrected chi connectivity index (χ3v) is 4.61. The zero-order chi connectivity index (χ0) is 14.5. The molecule has 0 bridgehead atoms. The Hall–Kier alpha value is -0.910. The van der Waals surface area contributed by atoms with Gasteiger partial charge in [0.2, 0.25) is 0 Å². The van der Waals surface area contributed by atoms with Gasteiger partial charge in [0.1, 0.15) is 5.82 Å². The normalized spacial score (nSPS) is 24.7. The van der Waals surface area contributed by atoms with Crippen LogP contribution in [0.15, 0.2) is 12.4 Å². The number of likely N-dealkylation sites (tertiary alicyclic amines) is 1. The van der Waals surface area contributed by atoms with Crippen molar-refractivity contribution in [3.05, 3.63) is 18.2 Å².